The summed E-state index contributed by atoms with van der Waals surface area (Å²) in [5.41, 5.74) is 0.575. The minimum absolute atomic E-state index is 0.173. The van der Waals surface area contributed by atoms with Crippen LogP contribution in [-0.4, -0.2) is 22.5 Å². The average molecular weight is 247 g/mol. The van der Waals surface area contributed by atoms with E-state index in [2.05, 4.69) is 16.2 Å². The Labute approximate surface area is 105 Å². The molecule has 18 heavy (non-hydrogen) atoms. The Morgan fingerprint density at radius 2 is 2.39 bits per heavy atom. The third kappa shape index (κ3) is 4.23. The highest BCUT2D eigenvalue weighted by molar-refractivity contribution is 5.91. The van der Waals surface area contributed by atoms with Crippen LogP contribution in [0.4, 0.5) is 11.4 Å². The van der Waals surface area contributed by atoms with Crippen LogP contribution in [-0.2, 0) is 9.59 Å². The number of unbranched alkanes of at least 4 members (excludes halogenated alkanes) is 1. The van der Waals surface area contributed by atoms with Gasteiger partial charge in [0.2, 0.25) is 12.3 Å². The third-order valence-electron chi connectivity index (χ3n) is 2.10. The van der Waals surface area contributed by atoms with Crippen molar-refractivity contribution in [1.82, 2.24) is 4.98 Å². The van der Waals surface area contributed by atoms with Crippen molar-refractivity contribution in [3.8, 4) is 12.3 Å². The lowest BCUT2D eigenvalue weighted by Crippen LogP contribution is -2.16. The van der Waals surface area contributed by atoms with Crippen LogP contribution in [0.25, 0.3) is 0 Å². The second-order valence-corrected chi connectivity index (χ2v) is 3.49. The van der Waals surface area contributed by atoms with Crippen LogP contribution in [0.5, 0.6) is 0 Å². The van der Waals surface area contributed by atoms with E-state index in [1.807, 2.05) is 0 Å². The molecule has 1 heterocycles. The number of hydroxylamine groups is 1. The number of rotatable bonds is 6. The third-order valence-corrected chi connectivity index (χ3v) is 2.10. The lowest BCUT2D eigenvalue weighted by atomic mass is 10.2. The number of carbonyl (C=O) groups excluding carboxylic acids is 2. The number of pyridine rings is 1. The molecule has 6 heteroatoms. The molecule has 0 aliphatic carbocycles. The van der Waals surface area contributed by atoms with E-state index in [-0.39, 0.29) is 18.0 Å². The van der Waals surface area contributed by atoms with E-state index < -0.39 is 0 Å². The Hall–Kier alpha value is -2.39. The average Bonchev–Trinajstić information content (AvgIpc) is 2.38. The summed E-state index contributed by atoms with van der Waals surface area (Å²) in [5, 5.41) is 12.1. The van der Waals surface area contributed by atoms with Crippen LogP contribution in [0.15, 0.2) is 18.5 Å². The van der Waals surface area contributed by atoms with Gasteiger partial charge < -0.3 is 5.32 Å². The van der Waals surface area contributed by atoms with E-state index in [1.54, 1.807) is 0 Å². The zero-order chi connectivity index (χ0) is 13.4. The number of nitrogens with one attached hydrogen (secondary N) is 1. The van der Waals surface area contributed by atoms with E-state index in [9.17, 15) is 9.59 Å². The van der Waals surface area contributed by atoms with Crippen molar-refractivity contribution in [2.45, 2.75) is 19.3 Å². The summed E-state index contributed by atoms with van der Waals surface area (Å²) in [7, 11) is 0. The lowest BCUT2D eigenvalue weighted by molar-refractivity contribution is -0.116. The number of carbonyl (C=O) groups is 2. The monoisotopic (exact) mass is 247 g/mol. The molecule has 0 saturated carbocycles. The summed E-state index contributed by atoms with van der Waals surface area (Å²) in [6.45, 7) is 0. The smallest absolute Gasteiger partial charge is 0.237 e. The molecule has 1 aromatic rings. The molecule has 0 aliphatic rings. The zero-order valence-electron chi connectivity index (χ0n) is 9.67. The van der Waals surface area contributed by atoms with E-state index in [4.69, 9.17) is 11.6 Å². The molecule has 1 aromatic heterocycles. The molecule has 0 atom stereocenters. The van der Waals surface area contributed by atoms with Crippen molar-refractivity contribution in [3.05, 3.63) is 18.5 Å². The molecule has 94 valence electrons. The lowest BCUT2D eigenvalue weighted by Gasteiger charge is -2.10. The molecule has 0 aromatic carbocycles. The summed E-state index contributed by atoms with van der Waals surface area (Å²) in [5.74, 6) is 2.25. The highest BCUT2D eigenvalue weighted by Gasteiger charge is 2.06. The second-order valence-electron chi connectivity index (χ2n) is 3.49. The standard InChI is InChI=1S/C12H13N3O3/c1-2-3-4-5-12(17)14-10-6-11(8-13-7-10)15(18)9-16/h1,6-9,18H,3-5H2,(H,14,17). The van der Waals surface area contributed by atoms with Gasteiger partial charge in [0.1, 0.15) is 0 Å². The number of terminal acetylenes is 1. The van der Waals surface area contributed by atoms with E-state index >= 15 is 0 Å². The van der Waals surface area contributed by atoms with Crippen molar-refractivity contribution >= 4 is 23.7 Å². The number of amides is 2. The first-order valence-corrected chi connectivity index (χ1v) is 5.29. The van der Waals surface area contributed by atoms with Crippen molar-refractivity contribution in [1.29, 1.82) is 0 Å². The van der Waals surface area contributed by atoms with Gasteiger partial charge in [-0.15, -0.1) is 12.3 Å². The maximum atomic E-state index is 11.5. The molecule has 0 bridgehead atoms. The van der Waals surface area contributed by atoms with Gasteiger partial charge in [0.05, 0.1) is 23.8 Å². The van der Waals surface area contributed by atoms with Gasteiger partial charge in [0.25, 0.3) is 0 Å². The maximum Gasteiger partial charge on any atom is 0.237 e. The van der Waals surface area contributed by atoms with E-state index in [0.717, 1.165) is 0 Å². The first-order chi connectivity index (χ1) is 8.67. The topological polar surface area (TPSA) is 82.5 Å². The summed E-state index contributed by atoms with van der Waals surface area (Å²) in [6.07, 6.45) is 9.48. The number of nitrogens with zero attached hydrogens (tertiary/aromatic N) is 2. The minimum atomic E-state index is -0.195. The zero-order valence-corrected chi connectivity index (χ0v) is 9.67. The first kappa shape index (κ1) is 13.7. The predicted molar refractivity (Wildman–Crippen MR) is 65.9 cm³/mol. The Morgan fingerprint density at radius 3 is 3.06 bits per heavy atom. The summed E-state index contributed by atoms with van der Waals surface area (Å²) in [4.78, 5) is 25.6. The van der Waals surface area contributed by atoms with Gasteiger partial charge in [-0.1, -0.05) is 0 Å². The van der Waals surface area contributed by atoms with Crippen molar-refractivity contribution in [2.24, 2.45) is 0 Å². The van der Waals surface area contributed by atoms with Gasteiger partial charge >= 0.3 is 0 Å². The van der Waals surface area contributed by atoms with Gasteiger partial charge in [0.15, 0.2) is 0 Å². The van der Waals surface area contributed by atoms with Gasteiger partial charge in [-0.25, -0.2) is 0 Å². The van der Waals surface area contributed by atoms with Gasteiger partial charge in [-0.3, -0.25) is 19.8 Å². The Morgan fingerprint density at radius 1 is 1.61 bits per heavy atom. The van der Waals surface area contributed by atoms with Crippen LogP contribution < -0.4 is 10.4 Å². The fourth-order valence-corrected chi connectivity index (χ4v) is 1.26. The molecule has 2 amide bonds. The van der Waals surface area contributed by atoms with Crippen LogP contribution in [0.1, 0.15) is 19.3 Å². The minimum Gasteiger partial charge on any atom is -0.325 e. The fourth-order valence-electron chi connectivity index (χ4n) is 1.26. The van der Waals surface area contributed by atoms with E-state index in [0.29, 0.717) is 30.0 Å². The van der Waals surface area contributed by atoms with Crippen molar-refractivity contribution in [3.63, 3.8) is 0 Å². The highest BCUT2D eigenvalue weighted by Crippen LogP contribution is 2.15. The molecule has 0 saturated heterocycles. The predicted octanol–water partition coefficient (Wildman–Crippen LogP) is 1.18. The largest absolute Gasteiger partial charge is 0.325 e. The van der Waals surface area contributed by atoms with Crippen LogP contribution in [0.2, 0.25) is 0 Å². The Bertz CT molecular complexity index is 468. The number of aromatic nitrogens is 1. The fraction of sp³-hybridized carbons (Fsp3) is 0.250. The number of anilines is 2. The molecule has 6 nitrogen and oxygen atoms in total. The SMILES string of the molecule is C#CCCCC(=O)Nc1cncc(N(O)C=O)c1. The molecule has 0 fully saturated rings. The van der Waals surface area contributed by atoms with Crippen molar-refractivity contribution in [2.75, 3.05) is 10.4 Å². The first-order valence-electron chi connectivity index (χ1n) is 5.29. The molecular weight excluding hydrogens is 234 g/mol. The quantitative estimate of drug-likeness (QED) is 0.260. The molecule has 0 spiro atoms. The maximum absolute atomic E-state index is 11.5. The molecule has 0 radical (unpaired) electrons. The molecule has 0 unspecified atom stereocenters. The van der Waals surface area contributed by atoms with Gasteiger partial charge in [-0.2, -0.15) is 5.06 Å². The van der Waals surface area contributed by atoms with Gasteiger partial charge in [-0.05, 0) is 12.5 Å². The number of hydrogen-bond donors (Lipinski definition) is 2. The van der Waals surface area contributed by atoms with E-state index in [1.165, 1.54) is 18.5 Å². The second kappa shape index (κ2) is 7.04. The van der Waals surface area contributed by atoms with Gasteiger partial charge in [0, 0.05) is 12.8 Å². The van der Waals surface area contributed by atoms with Crippen molar-refractivity contribution < 1.29 is 14.8 Å². The highest BCUT2D eigenvalue weighted by atomic mass is 16.5. The summed E-state index contributed by atoms with van der Waals surface area (Å²) in [6, 6.07) is 1.43. The van der Waals surface area contributed by atoms with Crippen LogP contribution in [0, 0.1) is 12.3 Å². The number of hydrogen-bond acceptors (Lipinski definition) is 4. The molecular formula is C12H13N3O3. The Balaban J connectivity index is 2.59. The molecule has 0 aliphatic heterocycles. The molecule has 1 rings (SSSR count). The van der Waals surface area contributed by atoms with Crippen LogP contribution in [0.3, 0.4) is 0 Å². The summed E-state index contributed by atoms with van der Waals surface area (Å²) >= 11 is 0. The normalized spacial score (nSPS) is 9.33. The van der Waals surface area contributed by atoms with Crippen LogP contribution >= 0.6 is 0 Å². The Kier molecular flexibility index (Phi) is 5.35. The molecule has 2 N–H and O–H groups in total. The summed E-state index contributed by atoms with van der Waals surface area (Å²) < 4.78 is 0.